The minimum atomic E-state index is -0.660. The quantitative estimate of drug-likeness (QED) is 0.526. The van der Waals surface area contributed by atoms with E-state index in [1.54, 1.807) is 12.1 Å². The number of benzene rings is 2. The number of rotatable bonds is 6. The van der Waals surface area contributed by atoms with Crippen molar-refractivity contribution in [3.63, 3.8) is 0 Å². The normalized spacial score (nSPS) is 17.3. The van der Waals surface area contributed by atoms with E-state index < -0.39 is 18.0 Å². The van der Waals surface area contributed by atoms with Crippen molar-refractivity contribution in [2.45, 2.75) is 51.7 Å². The summed E-state index contributed by atoms with van der Waals surface area (Å²) in [6, 6.07) is 7.79. The number of hydrogen-bond donors (Lipinski definition) is 3. The maximum atomic E-state index is 13.0. The van der Waals surface area contributed by atoms with Crippen molar-refractivity contribution < 1.29 is 23.9 Å². The van der Waals surface area contributed by atoms with Gasteiger partial charge in [0.2, 0.25) is 11.8 Å². The molecule has 2 aliphatic rings. The summed E-state index contributed by atoms with van der Waals surface area (Å²) in [5.74, 6) is -0.397. The maximum absolute atomic E-state index is 13.0. The Hall–Kier alpha value is -3.59. The van der Waals surface area contributed by atoms with Crippen LogP contribution in [0.3, 0.4) is 0 Å². The number of methoxy groups -OCH3 is 1. The van der Waals surface area contributed by atoms with E-state index in [2.05, 4.69) is 16.0 Å². The van der Waals surface area contributed by atoms with Crippen molar-refractivity contribution >= 4 is 41.0 Å². The Morgan fingerprint density at radius 2 is 2.00 bits per heavy atom. The summed E-state index contributed by atoms with van der Waals surface area (Å²) >= 11 is 6.36. The lowest BCUT2D eigenvalue weighted by Gasteiger charge is -2.29. The molecule has 1 saturated heterocycles. The molecule has 10 heteroatoms. The van der Waals surface area contributed by atoms with Gasteiger partial charge in [0.15, 0.2) is 0 Å². The van der Waals surface area contributed by atoms with Crippen LogP contribution in [0.5, 0.6) is 5.75 Å². The second kappa shape index (κ2) is 9.95. The van der Waals surface area contributed by atoms with Gasteiger partial charge in [0, 0.05) is 36.8 Å². The molecule has 1 atom stereocenters. The summed E-state index contributed by atoms with van der Waals surface area (Å²) in [7, 11) is 1.52. The molecule has 0 aliphatic carbocycles. The SMILES string of the molecule is COc1cc(NC(=O)NCc2ccc3c(c2)C(=O)N(C2CCC(=O)NC2=O)C3)cc(C(C)C)c1Cl. The number of anilines is 1. The standard InChI is InChI=1S/C25H27ClN4O5/c1-13(2)17-9-16(10-20(35-3)22(17)26)28-25(34)27-11-14-4-5-15-12-30(24(33)18(15)8-14)19-6-7-21(31)29-23(19)32/h4-5,8-10,13,19H,6-7,11-12H2,1-3H3,(H2,27,28,34)(H,29,31,32). The molecule has 35 heavy (non-hydrogen) atoms. The third kappa shape index (κ3) is 5.09. The summed E-state index contributed by atoms with van der Waals surface area (Å²) < 4.78 is 5.32. The van der Waals surface area contributed by atoms with Crippen LogP contribution in [0, 0.1) is 0 Å². The van der Waals surface area contributed by atoms with Gasteiger partial charge >= 0.3 is 6.03 Å². The molecule has 2 aromatic rings. The monoisotopic (exact) mass is 498 g/mol. The van der Waals surface area contributed by atoms with E-state index in [0.717, 1.165) is 16.7 Å². The molecular formula is C25H27ClN4O5. The van der Waals surface area contributed by atoms with E-state index in [1.165, 1.54) is 12.0 Å². The van der Waals surface area contributed by atoms with Gasteiger partial charge in [-0.25, -0.2) is 4.79 Å². The first-order valence-electron chi connectivity index (χ1n) is 11.4. The van der Waals surface area contributed by atoms with Gasteiger partial charge in [-0.2, -0.15) is 0 Å². The fourth-order valence-corrected chi connectivity index (χ4v) is 4.73. The number of fused-ring (bicyclic) bond motifs is 1. The van der Waals surface area contributed by atoms with Gasteiger partial charge in [0.1, 0.15) is 11.8 Å². The zero-order chi connectivity index (χ0) is 25.3. The summed E-state index contributed by atoms with van der Waals surface area (Å²) in [4.78, 5) is 50.6. The molecule has 2 aromatic carbocycles. The number of hydrogen-bond acceptors (Lipinski definition) is 5. The molecule has 5 amide bonds. The fourth-order valence-electron chi connectivity index (χ4n) is 4.33. The van der Waals surface area contributed by atoms with Crippen LogP contribution in [-0.2, 0) is 22.7 Å². The average molecular weight is 499 g/mol. The summed E-state index contributed by atoms with van der Waals surface area (Å²) in [5.41, 5.74) is 3.46. The Kier molecular flexibility index (Phi) is 6.98. The van der Waals surface area contributed by atoms with E-state index in [4.69, 9.17) is 16.3 Å². The molecule has 0 bridgehead atoms. The zero-order valence-corrected chi connectivity index (χ0v) is 20.5. The second-order valence-corrected chi connectivity index (χ2v) is 9.31. The van der Waals surface area contributed by atoms with Crippen LogP contribution < -0.4 is 20.7 Å². The second-order valence-electron chi connectivity index (χ2n) is 8.94. The number of carbonyl (C=O) groups is 4. The van der Waals surface area contributed by atoms with Crippen LogP contribution in [0.25, 0.3) is 0 Å². The van der Waals surface area contributed by atoms with Gasteiger partial charge < -0.3 is 20.3 Å². The maximum Gasteiger partial charge on any atom is 0.319 e. The number of urea groups is 1. The lowest BCUT2D eigenvalue weighted by Crippen LogP contribution is -2.52. The summed E-state index contributed by atoms with van der Waals surface area (Å²) in [6.45, 7) is 4.51. The van der Waals surface area contributed by atoms with Crippen LogP contribution in [0.15, 0.2) is 30.3 Å². The molecule has 2 aliphatic heterocycles. The van der Waals surface area contributed by atoms with Gasteiger partial charge in [-0.15, -0.1) is 0 Å². The number of ether oxygens (including phenoxy) is 1. The highest BCUT2D eigenvalue weighted by molar-refractivity contribution is 6.33. The van der Waals surface area contributed by atoms with Gasteiger partial charge in [0.05, 0.1) is 12.1 Å². The molecule has 0 saturated carbocycles. The highest BCUT2D eigenvalue weighted by atomic mass is 35.5. The lowest BCUT2D eigenvalue weighted by molar-refractivity contribution is -0.136. The smallest absolute Gasteiger partial charge is 0.319 e. The minimum Gasteiger partial charge on any atom is -0.495 e. The van der Waals surface area contributed by atoms with E-state index in [-0.39, 0.29) is 30.7 Å². The number of imide groups is 1. The van der Waals surface area contributed by atoms with Crippen LogP contribution in [0.2, 0.25) is 5.02 Å². The van der Waals surface area contributed by atoms with Gasteiger partial charge in [0.25, 0.3) is 5.91 Å². The molecule has 9 nitrogen and oxygen atoms in total. The summed E-state index contributed by atoms with van der Waals surface area (Å²) in [5, 5.41) is 8.40. The van der Waals surface area contributed by atoms with Crippen molar-refractivity contribution in [1.82, 2.24) is 15.5 Å². The Morgan fingerprint density at radius 3 is 2.69 bits per heavy atom. The molecule has 1 fully saturated rings. The predicted molar refractivity (Wildman–Crippen MR) is 130 cm³/mol. The third-order valence-electron chi connectivity index (χ3n) is 6.21. The van der Waals surface area contributed by atoms with Crippen molar-refractivity contribution in [3.05, 3.63) is 57.6 Å². The number of nitrogens with zero attached hydrogens (tertiary/aromatic N) is 1. The van der Waals surface area contributed by atoms with E-state index >= 15 is 0 Å². The van der Waals surface area contributed by atoms with Crippen LogP contribution in [0.4, 0.5) is 10.5 Å². The van der Waals surface area contributed by atoms with E-state index in [9.17, 15) is 19.2 Å². The largest absolute Gasteiger partial charge is 0.495 e. The molecule has 2 heterocycles. The molecule has 3 N–H and O–H groups in total. The third-order valence-corrected chi connectivity index (χ3v) is 6.62. The molecule has 184 valence electrons. The highest BCUT2D eigenvalue weighted by Gasteiger charge is 2.39. The topological polar surface area (TPSA) is 117 Å². The van der Waals surface area contributed by atoms with Crippen molar-refractivity contribution in [1.29, 1.82) is 0 Å². The number of carbonyl (C=O) groups excluding carboxylic acids is 4. The molecule has 0 spiro atoms. The first kappa shape index (κ1) is 24.5. The Bertz CT molecular complexity index is 1210. The van der Waals surface area contributed by atoms with Gasteiger partial charge in [-0.05, 0) is 41.2 Å². The number of amides is 5. The number of nitrogens with one attached hydrogen (secondary N) is 3. The Labute approximate surface area is 208 Å². The first-order chi connectivity index (χ1) is 16.7. The Morgan fingerprint density at radius 1 is 1.23 bits per heavy atom. The van der Waals surface area contributed by atoms with Gasteiger partial charge in [-0.1, -0.05) is 37.6 Å². The number of piperidine rings is 1. The molecule has 4 rings (SSSR count). The van der Waals surface area contributed by atoms with Crippen molar-refractivity contribution in [3.8, 4) is 5.75 Å². The molecule has 1 unspecified atom stereocenters. The molecular weight excluding hydrogens is 472 g/mol. The van der Waals surface area contributed by atoms with E-state index in [0.29, 0.717) is 35.0 Å². The highest BCUT2D eigenvalue weighted by Crippen LogP contribution is 2.36. The van der Waals surface area contributed by atoms with Gasteiger partial charge in [-0.3, -0.25) is 19.7 Å². The minimum absolute atomic E-state index is 0.143. The zero-order valence-electron chi connectivity index (χ0n) is 19.7. The molecule has 0 radical (unpaired) electrons. The van der Waals surface area contributed by atoms with Crippen LogP contribution in [0.1, 0.15) is 59.7 Å². The predicted octanol–water partition coefficient (Wildman–Crippen LogP) is 3.55. The summed E-state index contributed by atoms with van der Waals surface area (Å²) in [6.07, 6.45) is 0.520. The molecule has 0 aromatic heterocycles. The average Bonchev–Trinajstić information content (AvgIpc) is 3.14. The fraction of sp³-hybridized carbons (Fsp3) is 0.360. The van der Waals surface area contributed by atoms with Crippen LogP contribution in [-0.4, -0.2) is 41.8 Å². The first-order valence-corrected chi connectivity index (χ1v) is 11.7. The lowest BCUT2D eigenvalue weighted by atomic mass is 10.0. The Balaban J connectivity index is 1.40. The van der Waals surface area contributed by atoms with Crippen molar-refractivity contribution in [2.24, 2.45) is 0 Å². The van der Waals surface area contributed by atoms with E-state index in [1.807, 2.05) is 32.0 Å². The van der Waals surface area contributed by atoms with Crippen LogP contribution >= 0.6 is 11.6 Å². The van der Waals surface area contributed by atoms with Crippen molar-refractivity contribution in [2.75, 3.05) is 12.4 Å². The number of halogens is 1.